The molecule has 1 aromatic heterocycles. The summed E-state index contributed by atoms with van der Waals surface area (Å²) in [6.07, 6.45) is 2.07. The molecule has 0 unspecified atom stereocenters. The van der Waals surface area contributed by atoms with E-state index in [1.165, 1.54) is 0 Å². The first-order valence-corrected chi connectivity index (χ1v) is 10.4. The van der Waals surface area contributed by atoms with Crippen LogP contribution in [0.4, 0.5) is 0 Å². The molecule has 154 valence electrons. The summed E-state index contributed by atoms with van der Waals surface area (Å²) in [5.74, 6) is 0.703. The number of nitrogens with zero attached hydrogens (tertiary/aromatic N) is 3. The Balaban J connectivity index is 1.62. The Morgan fingerprint density at radius 2 is 1.77 bits per heavy atom. The number of para-hydroxylation sites is 1. The lowest BCUT2D eigenvalue weighted by Crippen LogP contribution is -2.41. The largest absolute Gasteiger partial charge is 0.497 e. The van der Waals surface area contributed by atoms with Gasteiger partial charge < -0.3 is 19.1 Å². The van der Waals surface area contributed by atoms with Gasteiger partial charge in [-0.25, -0.2) is 0 Å². The number of rotatable bonds is 4. The molecule has 3 heterocycles. The summed E-state index contributed by atoms with van der Waals surface area (Å²) in [4.78, 5) is 30.1. The van der Waals surface area contributed by atoms with Gasteiger partial charge in [0.15, 0.2) is 0 Å². The molecule has 0 aliphatic carbocycles. The molecule has 5 rings (SSSR count). The first-order chi connectivity index (χ1) is 14.6. The van der Waals surface area contributed by atoms with E-state index in [1.807, 2.05) is 59.0 Å². The third-order valence-electron chi connectivity index (χ3n) is 6.39. The van der Waals surface area contributed by atoms with Crippen LogP contribution in [0.1, 0.15) is 40.5 Å². The van der Waals surface area contributed by atoms with Crippen LogP contribution in [0.3, 0.4) is 0 Å². The number of aromatic nitrogens is 1. The summed E-state index contributed by atoms with van der Waals surface area (Å²) in [5.41, 5.74) is 3.66. The Bertz CT molecular complexity index is 1130. The van der Waals surface area contributed by atoms with Gasteiger partial charge in [-0.15, -0.1) is 0 Å². The van der Waals surface area contributed by atoms with Crippen molar-refractivity contribution in [3.05, 3.63) is 65.4 Å². The first-order valence-electron chi connectivity index (χ1n) is 10.4. The zero-order valence-corrected chi connectivity index (χ0v) is 17.3. The predicted molar refractivity (Wildman–Crippen MR) is 115 cm³/mol. The second-order valence-corrected chi connectivity index (χ2v) is 8.04. The number of fused-ring (bicyclic) bond motifs is 3. The first kappa shape index (κ1) is 18.7. The molecule has 0 radical (unpaired) electrons. The van der Waals surface area contributed by atoms with Gasteiger partial charge in [-0.2, -0.15) is 0 Å². The minimum Gasteiger partial charge on any atom is -0.497 e. The normalized spacial score (nSPS) is 18.3. The lowest BCUT2D eigenvalue weighted by molar-refractivity contribution is -0.131. The second kappa shape index (κ2) is 7.20. The molecule has 1 fully saturated rings. The molecule has 1 saturated heterocycles. The highest BCUT2D eigenvalue weighted by Crippen LogP contribution is 2.44. The maximum atomic E-state index is 13.6. The minimum atomic E-state index is -0.295. The summed E-state index contributed by atoms with van der Waals surface area (Å²) in [6.45, 7) is 1.66. The van der Waals surface area contributed by atoms with Gasteiger partial charge in [0.1, 0.15) is 18.0 Å². The third kappa shape index (κ3) is 2.78. The summed E-state index contributed by atoms with van der Waals surface area (Å²) >= 11 is 0. The second-order valence-electron chi connectivity index (χ2n) is 8.04. The smallest absolute Gasteiger partial charge is 0.272 e. The molecule has 6 heteroatoms. The van der Waals surface area contributed by atoms with E-state index >= 15 is 0 Å². The van der Waals surface area contributed by atoms with Crippen molar-refractivity contribution in [2.45, 2.75) is 18.9 Å². The van der Waals surface area contributed by atoms with Crippen LogP contribution in [-0.4, -0.2) is 52.9 Å². The number of hydrogen-bond donors (Lipinski definition) is 0. The van der Waals surface area contributed by atoms with Crippen LogP contribution >= 0.6 is 0 Å². The van der Waals surface area contributed by atoms with E-state index in [-0.39, 0.29) is 24.4 Å². The number of aryl methyl sites for hydroxylation is 1. The minimum absolute atomic E-state index is 0.0245. The van der Waals surface area contributed by atoms with E-state index in [9.17, 15) is 9.59 Å². The highest BCUT2D eigenvalue weighted by molar-refractivity contribution is 6.07. The van der Waals surface area contributed by atoms with Gasteiger partial charge >= 0.3 is 0 Å². The standard InChI is InChI=1S/C24H25N3O3/c1-25-19-8-4-3-7-18(19)21-22(16-9-11-17(30-2)12-10-16)27(24(29)23(21)25)15-20(28)26-13-5-6-14-26/h3-4,7-12,22H,5-6,13-15H2,1-2H3/t22-/m1/s1. The summed E-state index contributed by atoms with van der Waals surface area (Å²) in [7, 11) is 3.56. The van der Waals surface area contributed by atoms with E-state index in [0.717, 1.165) is 53.7 Å². The molecule has 6 nitrogen and oxygen atoms in total. The molecule has 0 N–H and O–H groups in total. The zero-order valence-electron chi connectivity index (χ0n) is 17.3. The number of benzene rings is 2. The third-order valence-corrected chi connectivity index (χ3v) is 6.39. The monoisotopic (exact) mass is 403 g/mol. The highest BCUT2D eigenvalue weighted by Gasteiger charge is 2.43. The van der Waals surface area contributed by atoms with Crippen molar-refractivity contribution in [3.63, 3.8) is 0 Å². The number of carbonyl (C=O) groups is 2. The van der Waals surface area contributed by atoms with Crippen LogP contribution in [0.2, 0.25) is 0 Å². The Kier molecular flexibility index (Phi) is 4.50. The molecule has 30 heavy (non-hydrogen) atoms. The average molecular weight is 403 g/mol. The lowest BCUT2D eigenvalue weighted by Gasteiger charge is -2.28. The van der Waals surface area contributed by atoms with Crippen molar-refractivity contribution in [2.75, 3.05) is 26.7 Å². The van der Waals surface area contributed by atoms with Crippen LogP contribution in [0.25, 0.3) is 10.9 Å². The van der Waals surface area contributed by atoms with E-state index in [4.69, 9.17) is 4.74 Å². The molecule has 2 aliphatic rings. The quantitative estimate of drug-likeness (QED) is 0.671. The number of amides is 2. The van der Waals surface area contributed by atoms with Crippen LogP contribution in [0.5, 0.6) is 5.75 Å². The summed E-state index contributed by atoms with van der Waals surface area (Å²) in [6, 6.07) is 15.6. The number of likely N-dealkylation sites (tertiary alicyclic amines) is 1. The van der Waals surface area contributed by atoms with Crippen LogP contribution in [0.15, 0.2) is 48.5 Å². The van der Waals surface area contributed by atoms with Crippen LogP contribution < -0.4 is 4.74 Å². The predicted octanol–water partition coefficient (Wildman–Crippen LogP) is 3.35. The lowest BCUT2D eigenvalue weighted by atomic mass is 9.98. The Labute approximate surface area is 175 Å². The van der Waals surface area contributed by atoms with Gasteiger partial charge in [-0.1, -0.05) is 30.3 Å². The number of hydrogen-bond acceptors (Lipinski definition) is 3. The van der Waals surface area contributed by atoms with Gasteiger partial charge in [0.25, 0.3) is 5.91 Å². The van der Waals surface area contributed by atoms with Crippen molar-refractivity contribution in [1.82, 2.24) is 14.4 Å². The molecule has 2 aliphatic heterocycles. The summed E-state index contributed by atoms with van der Waals surface area (Å²) < 4.78 is 7.27. The van der Waals surface area contributed by atoms with Crippen molar-refractivity contribution in [3.8, 4) is 5.75 Å². The Hall–Kier alpha value is -3.28. The zero-order chi connectivity index (χ0) is 20.8. The van der Waals surface area contributed by atoms with Gasteiger partial charge in [0, 0.05) is 36.6 Å². The molecule has 3 aromatic rings. The van der Waals surface area contributed by atoms with Crippen molar-refractivity contribution in [2.24, 2.45) is 7.05 Å². The molecule has 2 amide bonds. The fourth-order valence-electron chi connectivity index (χ4n) is 4.88. The van der Waals surface area contributed by atoms with Gasteiger partial charge in [-0.05, 0) is 36.6 Å². The Morgan fingerprint density at radius 1 is 1.07 bits per heavy atom. The van der Waals surface area contributed by atoms with Gasteiger partial charge in [0.05, 0.1) is 13.2 Å². The van der Waals surface area contributed by atoms with Crippen LogP contribution in [-0.2, 0) is 11.8 Å². The molecule has 1 atom stereocenters. The highest BCUT2D eigenvalue weighted by atomic mass is 16.5. The molecule has 0 saturated carbocycles. The molecular formula is C24H25N3O3. The number of ether oxygens (including phenoxy) is 1. The van der Waals surface area contributed by atoms with E-state index in [2.05, 4.69) is 6.07 Å². The number of carbonyl (C=O) groups excluding carboxylic acids is 2. The maximum Gasteiger partial charge on any atom is 0.272 e. The molecule has 0 spiro atoms. The topological polar surface area (TPSA) is 54.8 Å². The van der Waals surface area contributed by atoms with E-state index in [0.29, 0.717) is 5.69 Å². The van der Waals surface area contributed by atoms with E-state index in [1.54, 1.807) is 12.0 Å². The van der Waals surface area contributed by atoms with Crippen molar-refractivity contribution in [1.29, 1.82) is 0 Å². The maximum absolute atomic E-state index is 13.6. The van der Waals surface area contributed by atoms with E-state index < -0.39 is 0 Å². The molecule has 2 aromatic carbocycles. The van der Waals surface area contributed by atoms with Crippen LogP contribution in [0, 0.1) is 0 Å². The van der Waals surface area contributed by atoms with Gasteiger partial charge in [-0.3, -0.25) is 9.59 Å². The SMILES string of the molecule is COc1ccc([C@@H]2c3c(n(C)c4ccccc34)C(=O)N2CC(=O)N2CCCC2)cc1. The fourth-order valence-corrected chi connectivity index (χ4v) is 4.88. The molecular weight excluding hydrogens is 378 g/mol. The fraction of sp³-hybridized carbons (Fsp3) is 0.333. The average Bonchev–Trinajstić information content (AvgIpc) is 3.47. The molecule has 0 bridgehead atoms. The number of methoxy groups -OCH3 is 1. The summed E-state index contributed by atoms with van der Waals surface area (Å²) in [5, 5.41) is 1.06. The van der Waals surface area contributed by atoms with Crippen molar-refractivity contribution < 1.29 is 14.3 Å². The van der Waals surface area contributed by atoms with Gasteiger partial charge in [0.2, 0.25) is 5.91 Å². The Morgan fingerprint density at radius 3 is 2.47 bits per heavy atom. The van der Waals surface area contributed by atoms with Crippen molar-refractivity contribution >= 4 is 22.7 Å².